The average Bonchev–Trinajstić information content (AvgIpc) is 3.18. The fourth-order valence-corrected chi connectivity index (χ4v) is 4.20. The summed E-state index contributed by atoms with van der Waals surface area (Å²) in [7, 11) is 1.75. The molecule has 0 saturated carbocycles. The van der Waals surface area contributed by atoms with E-state index in [0.717, 1.165) is 12.3 Å². The molecule has 0 amide bonds. The number of ether oxygens (including phenoxy) is 1. The van der Waals surface area contributed by atoms with Crippen LogP contribution >= 0.6 is 12.4 Å². The lowest BCUT2D eigenvalue weighted by atomic mass is 9.86. The lowest BCUT2D eigenvalue weighted by Crippen LogP contribution is -2.29. The summed E-state index contributed by atoms with van der Waals surface area (Å²) >= 11 is 0. The van der Waals surface area contributed by atoms with Crippen LogP contribution in [0.25, 0.3) is 10.8 Å². The van der Waals surface area contributed by atoms with Gasteiger partial charge in [-0.3, -0.25) is 4.90 Å². The first-order valence-corrected chi connectivity index (χ1v) is 8.27. The highest BCUT2D eigenvalue weighted by Gasteiger charge is 2.40. The zero-order valence-corrected chi connectivity index (χ0v) is 14.5. The van der Waals surface area contributed by atoms with Gasteiger partial charge in [-0.05, 0) is 48.4 Å². The predicted octanol–water partition coefficient (Wildman–Crippen LogP) is 3.46. The van der Waals surface area contributed by atoms with E-state index in [1.54, 1.807) is 7.11 Å². The number of halogens is 1. The van der Waals surface area contributed by atoms with Crippen LogP contribution in [0.15, 0.2) is 36.4 Å². The zero-order valence-electron chi connectivity index (χ0n) is 13.7. The number of hydrogen-bond acceptors (Lipinski definition) is 3. The molecule has 0 aliphatic carbocycles. The topological polar surface area (TPSA) is 24.5 Å². The van der Waals surface area contributed by atoms with E-state index in [9.17, 15) is 0 Å². The Balaban J connectivity index is 0.00000156. The molecule has 2 aromatic rings. The van der Waals surface area contributed by atoms with Crippen molar-refractivity contribution in [3.05, 3.63) is 42.0 Å². The maximum absolute atomic E-state index is 5.51. The molecular weight excluding hydrogens is 308 g/mol. The molecular formula is C19H25ClN2O. The van der Waals surface area contributed by atoms with Gasteiger partial charge in [0.05, 0.1) is 7.11 Å². The number of nitrogens with one attached hydrogen (secondary N) is 1. The molecule has 1 unspecified atom stereocenters. The predicted molar refractivity (Wildman–Crippen MR) is 97.6 cm³/mol. The van der Waals surface area contributed by atoms with Crippen molar-refractivity contribution in [1.82, 2.24) is 10.2 Å². The van der Waals surface area contributed by atoms with Gasteiger partial charge >= 0.3 is 0 Å². The van der Waals surface area contributed by atoms with Gasteiger partial charge in [-0.25, -0.2) is 0 Å². The summed E-state index contributed by atoms with van der Waals surface area (Å²) in [5.41, 5.74) is 1.96. The van der Waals surface area contributed by atoms with Crippen molar-refractivity contribution in [2.75, 3.05) is 33.3 Å². The summed E-state index contributed by atoms with van der Waals surface area (Å²) in [4.78, 5) is 2.63. The fraction of sp³-hybridized carbons (Fsp3) is 0.474. The SMILES string of the molecule is COc1ccc(CN2CCC3(CCNC3)C2)c2ccccc12.Cl. The van der Waals surface area contributed by atoms with Crippen molar-refractivity contribution in [3.63, 3.8) is 0 Å². The van der Waals surface area contributed by atoms with Crippen LogP contribution in [0.4, 0.5) is 0 Å². The van der Waals surface area contributed by atoms with Crippen molar-refractivity contribution in [1.29, 1.82) is 0 Å². The summed E-state index contributed by atoms with van der Waals surface area (Å²) in [6.45, 7) is 5.90. The van der Waals surface area contributed by atoms with E-state index in [-0.39, 0.29) is 12.4 Å². The van der Waals surface area contributed by atoms with Gasteiger partial charge in [-0.1, -0.05) is 30.3 Å². The molecule has 1 atom stereocenters. The van der Waals surface area contributed by atoms with Gasteiger partial charge in [0.1, 0.15) is 5.75 Å². The van der Waals surface area contributed by atoms with Crippen LogP contribution in [-0.2, 0) is 6.54 Å². The Morgan fingerprint density at radius 1 is 1.13 bits per heavy atom. The summed E-state index contributed by atoms with van der Waals surface area (Å²) < 4.78 is 5.51. The molecule has 1 N–H and O–H groups in total. The van der Waals surface area contributed by atoms with E-state index >= 15 is 0 Å². The molecule has 2 heterocycles. The highest BCUT2D eigenvalue weighted by Crippen LogP contribution is 2.37. The van der Waals surface area contributed by atoms with Crippen LogP contribution in [0, 0.1) is 5.41 Å². The molecule has 23 heavy (non-hydrogen) atoms. The molecule has 3 nitrogen and oxygen atoms in total. The largest absolute Gasteiger partial charge is 0.496 e. The lowest BCUT2D eigenvalue weighted by molar-refractivity contribution is 0.269. The second kappa shape index (κ2) is 6.68. The van der Waals surface area contributed by atoms with Gasteiger partial charge < -0.3 is 10.1 Å². The molecule has 4 rings (SSSR count). The van der Waals surface area contributed by atoms with Gasteiger partial charge in [0.2, 0.25) is 0 Å². The van der Waals surface area contributed by atoms with E-state index in [1.807, 2.05) is 0 Å². The lowest BCUT2D eigenvalue weighted by Gasteiger charge is -2.23. The molecule has 2 fully saturated rings. The van der Waals surface area contributed by atoms with Crippen molar-refractivity contribution in [2.24, 2.45) is 5.41 Å². The first-order chi connectivity index (χ1) is 10.8. The third kappa shape index (κ3) is 3.06. The number of fused-ring (bicyclic) bond motifs is 1. The standard InChI is InChI=1S/C19H24N2O.ClH/c1-22-18-7-6-15(16-4-2-3-5-17(16)18)12-21-11-9-19(14-21)8-10-20-13-19;/h2-7,20H,8-14H2,1H3;1H. The molecule has 2 aromatic carbocycles. The number of likely N-dealkylation sites (tertiary alicyclic amines) is 1. The quantitative estimate of drug-likeness (QED) is 0.931. The highest BCUT2D eigenvalue weighted by molar-refractivity contribution is 5.91. The third-order valence-corrected chi connectivity index (χ3v) is 5.44. The number of rotatable bonds is 3. The third-order valence-electron chi connectivity index (χ3n) is 5.44. The Labute approximate surface area is 144 Å². The second-order valence-electron chi connectivity index (χ2n) is 6.86. The Kier molecular flexibility index (Phi) is 4.81. The van der Waals surface area contributed by atoms with Crippen LogP contribution in [0.2, 0.25) is 0 Å². The van der Waals surface area contributed by atoms with Crippen molar-refractivity contribution in [2.45, 2.75) is 19.4 Å². The maximum atomic E-state index is 5.51. The van der Waals surface area contributed by atoms with Crippen LogP contribution in [0.3, 0.4) is 0 Å². The summed E-state index contributed by atoms with van der Waals surface area (Å²) in [5.74, 6) is 0.970. The van der Waals surface area contributed by atoms with Crippen LogP contribution in [0.1, 0.15) is 18.4 Å². The second-order valence-corrected chi connectivity index (χ2v) is 6.86. The van der Waals surface area contributed by atoms with E-state index < -0.39 is 0 Å². The number of hydrogen-bond donors (Lipinski definition) is 1. The fourth-order valence-electron chi connectivity index (χ4n) is 4.20. The molecule has 124 valence electrons. The summed E-state index contributed by atoms with van der Waals surface area (Å²) in [6, 6.07) is 12.9. The molecule has 4 heteroatoms. The smallest absolute Gasteiger partial charge is 0.126 e. The van der Waals surface area contributed by atoms with E-state index in [0.29, 0.717) is 5.41 Å². The number of methoxy groups -OCH3 is 1. The van der Waals surface area contributed by atoms with Gasteiger partial charge in [0, 0.05) is 25.0 Å². The summed E-state index contributed by atoms with van der Waals surface area (Å²) in [5, 5.41) is 6.09. The first-order valence-electron chi connectivity index (χ1n) is 8.27. The monoisotopic (exact) mass is 332 g/mol. The molecule has 1 spiro atoms. The molecule has 0 aromatic heterocycles. The minimum atomic E-state index is 0. The van der Waals surface area contributed by atoms with E-state index in [1.165, 1.54) is 55.4 Å². The van der Waals surface area contributed by atoms with Crippen molar-refractivity contribution in [3.8, 4) is 5.75 Å². The Hall–Kier alpha value is -1.29. The van der Waals surface area contributed by atoms with Gasteiger partial charge in [-0.15, -0.1) is 12.4 Å². The minimum absolute atomic E-state index is 0. The minimum Gasteiger partial charge on any atom is -0.496 e. The highest BCUT2D eigenvalue weighted by atomic mass is 35.5. The molecule has 0 bridgehead atoms. The van der Waals surface area contributed by atoms with Crippen LogP contribution in [0.5, 0.6) is 5.75 Å². The van der Waals surface area contributed by atoms with Crippen molar-refractivity contribution < 1.29 is 4.74 Å². The average molecular weight is 333 g/mol. The molecule has 2 aliphatic rings. The number of nitrogens with zero attached hydrogens (tertiary/aromatic N) is 1. The van der Waals surface area contributed by atoms with E-state index in [4.69, 9.17) is 4.74 Å². The van der Waals surface area contributed by atoms with Gasteiger partial charge in [0.25, 0.3) is 0 Å². The van der Waals surface area contributed by atoms with Crippen LogP contribution in [-0.4, -0.2) is 38.2 Å². The van der Waals surface area contributed by atoms with E-state index in [2.05, 4.69) is 46.6 Å². The zero-order chi connectivity index (χ0) is 15.0. The maximum Gasteiger partial charge on any atom is 0.126 e. The first kappa shape index (κ1) is 16.6. The Morgan fingerprint density at radius 2 is 1.96 bits per heavy atom. The Bertz CT molecular complexity index is 682. The Morgan fingerprint density at radius 3 is 2.70 bits per heavy atom. The normalized spacial score (nSPS) is 24.2. The van der Waals surface area contributed by atoms with Crippen molar-refractivity contribution >= 4 is 23.2 Å². The molecule has 2 aliphatic heterocycles. The van der Waals surface area contributed by atoms with Gasteiger partial charge in [-0.2, -0.15) is 0 Å². The number of benzene rings is 2. The summed E-state index contributed by atoms with van der Waals surface area (Å²) in [6.07, 6.45) is 2.68. The molecule has 0 radical (unpaired) electrons. The van der Waals surface area contributed by atoms with Gasteiger partial charge in [0.15, 0.2) is 0 Å². The molecule has 2 saturated heterocycles. The van der Waals surface area contributed by atoms with Crippen LogP contribution < -0.4 is 10.1 Å².